The van der Waals surface area contributed by atoms with Gasteiger partial charge in [-0.05, 0) is 40.8 Å². The molecule has 1 saturated heterocycles. The van der Waals surface area contributed by atoms with Gasteiger partial charge in [-0.25, -0.2) is 0 Å². The second kappa shape index (κ2) is 9.03. The van der Waals surface area contributed by atoms with Crippen LogP contribution in [0.4, 0.5) is 0 Å². The number of benzene rings is 2. The number of aliphatic hydroxyl groups is 4. The SMILES string of the molecule is CCc1ccc(Cc2cc(C3OC(CO)C(O)C(O)C3O)ccc2OC)cc1. The van der Waals surface area contributed by atoms with Gasteiger partial charge in [0.15, 0.2) is 0 Å². The van der Waals surface area contributed by atoms with E-state index in [-0.39, 0.29) is 0 Å². The third kappa shape index (κ3) is 4.21. The Morgan fingerprint density at radius 1 is 0.929 bits per heavy atom. The van der Waals surface area contributed by atoms with E-state index in [4.69, 9.17) is 9.47 Å². The van der Waals surface area contributed by atoms with Gasteiger partial charge in [0.1, 0.15) is 36.3 Å². The third-order valence-electron chi connectivity index (χ3n) is 5.35. The van der Waals surface area contributed by atoms with Crippen LogP contribution in [0.1, 0.15) is 35.3 Å². The fraction of sp³-hybridized carbons (Fsp3) is 0.455. The minimum absolute atomic E-state index is 0.450. The first kappa shape index (κ1) is 20.8. The van der Waals surface area contributed by atoms with Crippen LogP contribution in [0, 0.1) is 0 Å². The van der Waals surface area contributed by atoms with E-state index in [0.717, 1.165) is 17.5 Å². The van der Waals surface area contributed by atoms with Gasteiger partial charge in [-0.15, -0.1) is 0 Å². The lowest BCUT2D eigenvalue weighted by Gasteiger charge is -2.40. The normalized spacial score (nSPS) is 27.6. The van der Waals surface area contributed by atoms with Crippen LogP contribution in [0.5, 0.6) is 5.75 Å². The highest BCUT2D eigenvalue weighted by Gasteiger charge is 2.44. The molecular formula is C22H28O6. The summed E-state index contributed by atoms with van der Waals surface area (Å²) in [5.74, 6) is 0.716. The molecule has 0 spiro atoms. The van der Waals surface area contributed by atoms with Gasteiger partial charge in [0.05, 0.1) is 13.7 Å². The van der Waals surface area contributed by atoms with Crippen LogP contribution < -0.4 is 4.74 Å². The van der Waals surface area contributed by atoms with Crippen molar-refractivity contribution >= 4 is 0 Å². The highest BCUT2D eigenvalue weighted by Crippen LogP contribution is 2.35. The van der Waals surface area contributed by atoms with E-state index >= 15 is 0 Å². The Kier molecular flexibility index (Phi) is 6.69. The maximum absolute atomic E-state index is 10.4. The molecule has 5 atom stereocenters. The Morgan fingerprint density at radius 2 is 1.61 bits per heavy atom. The minimum atomic E-state index is -1.40. The summed E-state index contributed by atoms with van der Waals surface area (Å²) in [5, 5.41) is 39.8. The fourth-order valence-corrected chi connectivity index (χ4v) is 3.60. The first-order valence-corrected chi connectivity index (χ1v) is 9.53. The summed E-state index contributed by atoms with van der Waals surface area (Å²) in [4.78, 5) is 0. The van der Waals surface area contributed by atoms with Gasteiger partial charge in [-0.2, -0.15) is 0 Å². The molecule has 5 unspecified atom stereocenters. The van der Waals surface area contributed by atoms with Crippen LogP contribution >= 0.6 is 0 Å². The molecule has 3 rings (SSSR count). The van der Waals surface area contributed by atoms with Gasteiger partial charge >= 0.3 is 0 Å². The van der Waals surface area contributed by atoms with Crippen molar-refractivity contribution in [3.8, 4) is 5.75 Å². The van der Waals surface area contributed by atoms with Crippen molar-refractivity contribution in [1.82, 2.24) is 0 Å². The minimum Gasteiger partial charge on any atom is -0.496 e. The van der Waals surface area contributed by atoms with E-state index in [1.807, 2.05) is 6.07 Å². The molecule has 0 amide bonds. The molecule has 2 aromatic rings. The first-order chi connectivity index (χ1) is 13.5. The molecule has 4 N–H and O–H groups in total. The quantitative estimate of drug-likeness (QED) is 0.596. The Morgan fingerprint density at radius 3 is 2.21 bits per heavy atom. The number of aryl methyl sites for hydroxylation is 1. The van der Waals surface area contributed by atoms with Crippen molar-refractivity contribution in [2.45, 2.75) is 50.3 Å². The average molecular weight is 388 g/mol. The van der Waals surface area contributed by atoms with Gasteiger partial charge in [0, 0.05) is 6.42 Å². The third-order valence-corrected chi connectivity index (χ3v) is 5.35. The topological polar surface area (TPSA) is 99.4 Å². The van der Waals surface area contributed by atoms with E-state index in [2.05, 4.69) is 31.2 Å². The van der Waals surface area contributed by atoms with Crippen LogP contribution in [-0.2, 0) is 17.6 Å². The highest BCUT2D eigenvalue weighted by atomic mass is 16.5. The molecule has 1 heterocycles. The summed E-state index contributed by atoms with van der Waals surface area (Å²) >= 11 is 0. The smallest absolute Gasteiger partial charge is 0.122 e. The van der Waals surface area contributed by atoms with Crippen molar-refractivity contribution in [1.29, 1.82) is 0 Å². The van der Waals surface area contributed by atoms with Crippen LogP contribution in [0.2, 0.25) is 0 Å². The van der Waals surface area contributed by atoms with Crippen molar-refractivity contribution in [2.75, 3.05) is 13.7 Å². The number of methoxy groups -OCH3 is 1. The zero-order valence-corrected chi connectivity index (χ0v) is 16.2. The zero-order chi connectivity index (χ0) is 20.3. The van der Waals surface area contributed by atoms with Gasteiger partial charge in [-0.3, -0.25) is 0 Å². The maximum Gasteiger partial charge on any atom is 0.122 e. The largest absolute Gasteiger partial charge is 0.496 e. The van der Waals surface area contributed by atoms with Crippen molar-refractivity contribution in [3.63, 3.8) is 0 Å². The predicted octanol–water partition coefficient (Wildman–Crippen LogP) is 1.36. The lowest BCUT2D eigenvalue weighted by molar-refractivity contribution is -0.231. The summed E-state index contributed by atoms with van der Waals surface area (Å²) in [6.45, 7) is 1.66. The van der Waals surface area contributed by atoms with Crippen LogP contribution in [-0.4, -0.2) is 58.6 Å². The second-order valence-electron chi connectivity index (χ2n) is 7.17. The number of hydrogen-bond acceptors (Lipinski definition) is 6. The molecule has 0 aromatic heterocycles. The monoisotopic (exact) mass is 388 g/mol. The van der Waals surface area contributed by atoms with E-state index in [1.165, 1.54) is 5.56 Å². The van der Waals surface area contributed by atoms with Crippen LogP contribution in [0.3, 0.4) is 0 Å². The van der Waals surface area contributed by atoms with E-state index in [1.54, 1.807) is 19.2 Å². The molecular weight excluding hydrogens is 360 g/mol. The standard InChI is InChI=1S/C22H28O6/c1-3-13-4-6-14(7-5-13)10-16-11-15(8-9-17(16)27-2)22-21(26)20(25)19(24)18(12-23)28-22/h4-9,11,18-26H,3,10,12H2,1-2H3. The lowest BCUT2D eigenvalue weighted by Crippen LogP contribution is -2.55. The van der Waals surface area contributed by atoms with E-state index in [9.17, 15) is 20.4 Å². The molecule has 6 heteroatoms. The molecule has 1 aliphatic heterocycles. The molecule has 2 aromatic carbocycles. The van der Waals surface area contributed by atoms with Gasteiger partial charge in [0.25, 0.3) is 0 Å². The van der Waals surface area contributed by atoms with Crippen molar-refractivity contribution in [2.24, 2.45) is 0 Å². The Labute approximate surface area is 165 Å². The second-order valence-corrected chi connectivity index (χ2v) is 7.17. The summed E-state index contributed by atoms with van der Waals surface area (Å²) in [6.07, 6.45) is -4.25. The molecule has 1 fully saturated rings. The molecule has 152 valence electrons. The van der Waals surface area contributed by atoms with Crippen LogP contribution in [0.15, 0.2) is 42.5 Å². The number of hydrogen-bond donors (Lipinski definition) is 4. The molecule has 1 aliphatic rings. The molecule has 6 nitrogen and oxygen atoms in total. The fourth-order valence-electron chi connectivity index (χ4n) is 3.60. The Hall–Kier alpha value is -1.96. The van der Waals surface area contributed by atoms with Gasteiger partial charge < -0.3 is 29.9 Å². The van der Waals surface area contributed by atoms with Crippen LogP contribution in [0.25, 0.3) is 0 Å². The highest BCUT2D eigenvalue weighted by molar-refractivity contribution is 5.42. The molecule has 0 radical (unpaired) electrons. The predicted molar refractivity (Wildman–Crippen MR) is 104 cm³/mol. The summed E-state index contributed by atoms with van der Waals surface area (Å²) in [7, 11) is 1.60. The van der Waals surface area contributed by atoms with Crippen molar-refractivity contribution in [3.05, 3.63) is 64.7 Å². The van der Waals surface area contributed by atoms with Gasteiger partial charge in [0.2, 0.25) is 0 Å². The summed E-state index contributed by atoms with van der Waals surface area (Å²) in [5.41, 5.74) is 3.96. The summed E-state index contributed by atoms with van der Waals surface area (Å²) in [6, 6.07) is 13.8. The van der Waals surface area contributed by atoms with Gasteiger partial charge in [-0.1, -0.05) is 37.3 Å². The first-order valence-electron chi connectivity index (χ1n) is 9.53. The lowest BCUT2D eigenvalue weighted by atomic mass is 9.90. The number of ether oxygens (including phenoxy) is 2. The Bertz CT molecular complexity index is 773. The number of rotatable bonds is 6. The average Bonchev–Trinajstić information content (AvgIpc) is 2.73. The van der Waals surface area contributed by atoms with E-state index < -0.39 is 37.1 Å². The molecule has 0 aliphatic carbocycles. The maximum atomic E-state index is 10.4. The van der Waals surface area contributed by atoms with E-state index in [0.29, 0.717) is 17.7 Å². The molecule has 0 bridgehead atoms. The molecule has 0 saturated carbocycles. The molecule has 28 heavy (non-hydrogen) atoms. The zero-order valence-electron chi connectivity index (χ0n) is 16.2. The number of aliphatic hydroxyl groups excluding tert-OH is 4. The van der Waals surface area contributed by atoms with Crippen molar-refractivity contribution < 1.29 is 29.9 Å². The summed E-state index contributed by atoms with van der Waals surface area (Å²) < 4.78 is 11.2. The Balaban J connectivity index is 1.89.